The van der Waals surface area contributed by atoms with Crippen LogP contribution in [-0.2, 0) is 11.3 Å². The molecule has 0 aliphatic carbocycles. The highest BCUT2D eigenvalue weighted by Crippen LogP contribution is 2.31. The van der Waals surface area contributed by atoms with Crippen molar-refractivity contribution in [2.24, 2.45) is 4.99 Å². The second kappa shape index (κ2) is 10.4. The highest BCUT2D eigenvalue weighted by atomic mass is 16.5. The van der Waals surface area contributed by atoms with Gasteiger partial charge in [0, 0.05) is 25.2 Å². The van der Waals surface area contributed by atoms with Crippen LogP contribution in [0.5, 0.6) is 11.5 Å². The zero-order valence-electron chi connectivity index (χ0n) is 17.0. The van der Waals surface area contributed by atoms with E-state index < -0.39 is 0 Å². The molecule has 1 heterocycles. The molecule has 0 atom stereocenters. The van der Waals surface area contributed by atoms with Crippen LogP contribution in [0.15, 0.2) is 53.5 Å². The molecule has 2 aromatic carbocycles. The number of benzene rings is 2. The number of hydrogen-bond acceptors (Lipinski definition) is 4. The lowest BCUT2D eigenvalue weighted by Crippen LogP contribution is -2.42. The molecule has 3 rings (SSSR count). The Balaban J connectivity index is 1.54. The first-order valence-corrected chi connectivity index (χ1v) is 9.89. The van der Waals surface area contributed by atoms with Gasteiger partial charge in [-0.1, -0.05) is 30.3 Å². The molecule has 0 aromatic heterocycles. The second-order valence-electron chi connectivity index (χ2n) is 6.59. The number of methoxy groups -OCH3 is 1. The molecule has 29 heavy (non-hydrogen) atoms. The number of fused-ring (bicyclic) bond motifs is 1. The van der Waals surface area contributed by atoms with Gasteiger partial charge in [0.25, 0.3) is 5.91 Å². The Morgan fingerprint density at radius 1 is 1.17 bits per heavy atom. The fourth-order valence-electron chi connectivity index (χ4n) is 3.18. The maximum Gasteiger partial charge on any atom is 0.265 e. The van der Waals surface area contributed by atoms with Crippen molar-refractivity contribution in [2.45, 2.75) is 19.9 Å². The molecule has 0 unspecified atom stereocenters. The molecular weight excluding hydrogens is 368 g/mol. The molecule has 1 amide bonds. The minimum absolute atomic E-state index is 0.0135. The van der Waals surface area contributed by atoms with Crippen LogP contribution < -0.4 is 25.0 Å². The van der Waals surface area contributed by atoms with Gasteiger partial charge in [0.2, 0.25) is 0 Å². The fourth-order valence-corrected chi connectivity index (χ4v) is 3.18. The molecule has 0 saturated heterocycles. The van der Waals surface area contributed by atoms with E-state index in [1.54, 1.807) is 12.0 Å². The first kappa shape index (κ1) is 20.5. The van der Waals surface area contributed by atoms with E-state index in [2.05, 4.69) is 15.6 Å². The van der Waals surface area contributed by atoms with E-state index in [0.717, 1.165) is 41.7 Å². The molecule has 1 aliphatic heterocycles. The largest absolute Gasteiger partial charge is 0.496 e. The summed E-state index contributed by atoms with van der Waals surface area (Å²) in [6, 6.07) is 15.5. The number of hydrogen-bond donors (Lipinski definition) is 2. The van der Waals surface area contributed by atoms with Crippen molar-refractivity contribution < 1.29 is 14.3 Å². The number of nitrogens with zero attached hydrogens (tertiary/aromatic N) is 2. The van der Waals surface area contributed by atoms with Gasteiger partial charge in [0.15, 0.2) is 12.6 Å². The van der Waals surface area contributed by atoms with Crippen LogP contribution in [0.25, 0.3) is 0 Å². The third-order valence-corrected chi connectivity index (χ3v) is 4.60. The quantitative estimate of drug-likeness (QED) is 0.408. The molecule has 1 aliphatic rings. The van der Waals surface area contributed by atoms with Crippen LogP contribution in [0.3, 0.4) is 0 Å². The number of guanidine groups is 1. The van der Waals surface area contributed by atoms with E-state index in [1.165, 1.54) is 0 Å². The standard InChI is InChI=1S/C22H28N4O3/c1-3-23-22(25-15-17-9-4-6-11-19(17)28-2)24-13-8-14-26-18-10-5-7-12-20(18)29-16-21(26)27/h4-7,9-12H,3,8,13-16H2,1-2H3,(H2,23,24,25). The first-order valence-electron chi connectivity index (χ1n) is 9.89. The van der Waals surface area contributed by atoms with Gasteiger partial charge >= 0.3 is 0 Å². The lowest BCUT2D eigenvalue weighted by molar-refractivity contribution is -0.121. The Hall–Kier alpha value is -3.22. The van der Waals surface area contributed by atoms with Crippen molar-refractivity contribution in [1.82, 2.24) is 10.6 Å². The van der Waals surface area contributed by atoms with E-state index >= 15 is 0 Å². The Bertz CT molecular complexity index is 853. The summed E-state index contributed by atoms with van der Waals surface area (Å²) in [5, 5.41) is 6.59. The molecule has 0 bridgehead atoms. The third-order valence-electron chi connectivity index (χ3n) is 4.60. The number of anilines is 1. The Morgan fingerprint density at radius 2 is 1.97 bits per heavy atom. The molecule has 7 heteroatoms. The van der Waals surface area contributed by atoms with Crippen LogP contribution in [0, 0.1) is 0 Å². The zero-order chi connectivity index (χ0) is 20.5. The number of nitrogens with one attached hydrogen (secondary N) is 2. The summed E-state index contributed by atoms with van der Waals surface area (Å²) in [5.41, 5.74) is 1.86. The fraction of sp³-hybridized carbons (Fsp3) is 0.364. The lowest BCUT2D eigenvalue weighted by Gasteiger charge is -2.29. The van der Waals surface area contributed by atoms with Crippen molar-refractivity contribution in [3.63, 3.8) is 0 Å². The number of rotatable bonds is 8. The molecule has 2 N–H and O–H groups in total. The van der Waals surface area contributed by atoms with E-state index in [9.17, 15) is 4.79 Å². The number of para-hydroxylation sites is 3. The molecule has 154 valence electrons. The predicted octanol–water partition coefficient (Wildman–Crippen LogP) is 2.57. The van der Waals surface area contributed by atoms with Crippen LogP contribution in [0.1, 0.15) is 18.9 Å². The summed E-state index contributed by atoms with van der Waals surface area (Å²) < 4.78 is 10.9. The van der Waals surface area contributed by atoms with Crippen LogP contribution in [0.4, 0.5) is 5.69 Å². The molecule has 0 radical (unpaired) electrons. The van der Waals surface area contributed by atoms with Gasteiger partial charge in [-0.25, -0.2) is 4.99 Å². The summed E-state index contributed by atoms with van der Waals surface area (Å²) in [6.45, 7) is 4.74. The Kier molecular flexibility index (Phi) is 7.33. The minimum atomic E-state index is -0.0135. The van der Waals surface area contributed by atoms with Crippen molar-refractivity contribution in [2.75, 3.05) is 38.3 Å². The zero-order valence-corrected chi connectivity index (χ0v) is 17.0. The molecule has 0 saturated carbocycles. The molecule has 0 fully saturated rings. The van der Waals surface area contributed by atoms with E-state index in [0.29, 0.717) is 19.6 Å². The van der Waals surface area contributed by atoms with Gasteiger partial charge < -0.3 is 25.0 Å². The summed E-state index contributed by atoms with van der Waals surface area (Å²) in [5.74, 6) is 2.32. The minimum Gasteiger partial charge on any atom is -0.496 e. The number of aliphatic imine (C=N–C) groups is 1. The monoisotopic (exact) mass is 396 g/mol. The predicted molar refractivity (Wildman–Crippen MR) is 115 cm³/mol. The molecular formula is C22H28N4O3. The van der Waals surface area contributed by atoms with Crippen molar-refractivity contribution in [3.8, 4) is 11.5 Å². The van der Waals surface area contributed by atoms with Crippen molar-refractivity contribution >= 4 is 17.6 Å². The van der Waals surface area contributed by atoms with E-state index in [4.69, 9.17) is 9.47 Å². The first-order chi connectivity index (χ1) is 14.2. The number of carbonyl (C=O) groups is 1. The smallest absolute Gasteiger partial charge is 0.265 e. The van der Waals surface area contributed by atoms with Gasteiger partial charge in [-0.15, -0.1) is 0 Å². The Morgan fingerprint density at radius 3 is 2.79 bits per heavy atom. The van der Waals surface area contributed by atoms with Crippen LogP contribution in [-0.4, -0.2) is 45.2 Å². The average Bonchev–Trinajstić information content (AvgIpc) is 2.76. The maximum atomic E-state index is 12.2. The Labute approximate surface area is 171 Å². The van der Waals surface area contributed by atoms with Crippen molar-refractivity contribution in [1.29, 1.82) is 0 Å². The SMILES string of the molecule is CCNC(=NCc1ccccc1OC)NCCCN1C(=O)COc2ccccc21. The van der Waals surface area contributed by atoms with Gasteiger partial charge in [0.1, 0.15) is 11.5 Å². The molecule has 7 nitrogen and oxygen atoms in total. The topological polar surface area (TPSA) is 75.2 Å². The normalized spacial score (nSPS) is 13.5. The third kappa shape index (κ3) is 5.40. The lowest BCUT2D eigenvalue weighted by atomic mass is 10.2. The number of amides is 1. The van der Waals surface area contributed by atoms with Gasteiger partial charge in [-0.2, -0.15) is 0 Å². The van der Waals surface area contributed by atoms with E-state index in [1.807, 2.05) is 55.5 Å². The summed E-state index contributed by atoms with van der Waals surface area (Å²) in [4.78, 5) is 18.7. The van der Waals surface area contributed by atoms with Crippen LogP contribution in [0.2, 0.25) is 0 Å². The van der Waals surface area contributed by atoms with Crippen molar-refractivity contribution in [3.05, 3.63) is 54.1 Å². The second-order valence-corrected chi connectivity index (χ2v) is 6.59. The average molecular weight is 396 g/mol. The highest BCUT2D eigenvalue weighted by molar-refractivity contribution is 5.97. The van der Waals surface area contributed by atoms with E-state index in [-0.39, 0.29) is 12.5 Å². The van der Waals surface area contributed by atoms with Crippen LogP contribution >= 0.6 is 0 Å². The highest BCUT2D eigenvalue weighted by Gasteiger charge is 2.24. The molecule has 2 aromatic rings. The maximum absolute atomic E-state index is 12.2. The number of carbonyl (C=O) groups excluding carboxylic acids is 1. The van der Waals surface area contributed by atoms with Gasteiger partial charge in [-0.3, -0.25) is 4.79 Å². The van der Waals surface area contributed by atoms with Gasteiger partial charge in [-0.05, 0) is 31.5 Å². The summed E-state index contributed by atoms with van der Waals surface area (Å²) in [6.07, 6.45) is 0.791. The summed E-state index contributed by atoms with van der Waals surface area (Å²) >= 11 is 0. The number of ether oxygens (including phenoxy) is 2. The summed E-state index contributed by atoms with van der Waals surface area (Å²) in [7, 11) is 1.66. The van der Waals surface area contributed by atoms with Gasteiger partial charge in [0.05, 0.1) is 19.3 Å². The molecule has 0 spiro atoms.